The van der Waals surface area contributed by atoms with Gasteiger partial charge >= 0.3 is 25.8 Å². The van der Waals surface area contributed by atoms with E-state index in [1.165, 1.54) is 17.0 Å². The number of nitrogens with zero attached hydrogens (tertiary/aromatic N) is 3. The molecular formula is C29H25F8N4O6P. The lowest BCUT2D eigenvalue weighted by Gasteiger charge is -2.41. The summed E-state index contributed by atoms with van der Waals surface area (Å²) >= 11 is 0. The highest BCUT2D eigenvalue weighted by atomic mass is 31.2. The summed E-state index contributed by atoms with van der Waals surface area (Å²) in [6, 6.07) is 11.9. The zero-order chi connectivity index (χ0) is 34.9. The monoisotopic (exact) mass is 708 g/mol. The van der Waals surface area contributed by atoms with Gasteiger partial charge in [0.1, 0.15) is 11.6 Å². The molecule has 2 N–H and O–H groups in total. The molecule has 1 aliphatic rings. The fraction of sp³-hybridized carbons (Fsp3) is 0.310. The molecule has 0 aliphatic carbocycles. The van der Waals surface area contributed by atoms with E-state index in [9.17, 15) is 45.0 Å². The molecule has 0 spiro atoms. The van der Waals surface area contributed by atoms with E-state index in [4.69, 9.17) is 14.0 Å². The number of benzene rings is 3. The highest BCUT2D eigenvalue weighted by Crippen LogP contribution is 2.43. The first-order chi connectivity index (χ1) is 22.5. The molecule has 1 fully saturated rings. The lowest BCUT2D eigenvalue weighted by atomic mass is 10.0. The Morgan fingerprint density at radius 1 is 1.00 bits per heavy atom. The second-order valence-electron chi connectivity index (χ2n) is 10.5. The van der Waals surface area contributed by atoms with E-state index in [0.29, 0.717) is 5.56 Å². The van der Waals surface area contributed by atoms with E-state index >= 15 is 4.39 Å². The average Bonchev–Trinajstić information content (AvgIpc) is 3.41. The Hall–Kier alpha value is -3.93. The minimum Gasteiger partial charge on any atom is -0.349 e. The van der Waals surface area contributed by atoms with Crippen LogP contribution in [0.25, 0.3) is 0 Å². The number of H-pyrrole nitrogens is 1. The molecule has 0 saturated carbocycles. The highest BCUT2D eigenvalue weighted by Gasteiger charge is 2.40. The first-order valence-corrected chi connectivity index (χ1v) is 15.4. The smallest absolute Gasteiger partial charge is 0.349 e. The molecule has 0 radical (unpaired) electrons. The summed E-state index contributed by atoms with van der Waals surface area (Å²) in [4.78, 5) is 26.8. The van der Waals surface area contributed by atoms with Gasteiger partial charge in [0.25, 0.3) is 0 Å². The Kier molecular flexibility index (Phi) is 10.2. The topological polar surface area (TPSA) is 119 Å². The predicted octanol–water partition coefficient (Wildman–Crippen LogP) is 6.50. The predicted molar refractivity (Wildman–Crippen MR) is 150 cm³/mol. The van der Waals surface area contributed by atoms with Gasteiger partial charge in [-0.1, -0.05) is 42.5 Å². The van der Waals surface area contributed by atoms with Gasteiger partial charge in [0, 0.05) is 12.1 Å². The molecule has 1 aromatic heterocycles. The van der Waals surface area contributed by atoms with Gasteiger partial charge < -0.3 is 14.4 Å². The number of halogens is 8. The molecule has 48 heavy (non-hydrogen) atoms. The quantitative estimate of drug-likeness (QED) is 0.142. The summed E-state index contributed by atoms with van der Waals surface area (Å²) in [5.74, 6) is -0.848. The van der Waals surface area contributed by atoms with Crippen LogP contribution in [0.15, 0.2) is 77.6 Å². The fourth-order valence-electron chi connectivity index (χ4n) is 4.89. The van der Waals surface area contributed by atoms with E-state index < -0.39 is 67.0 Å². The summed E-state index contributed by atoms with van der Waals surface area (Å²) in [5, 5.41) is 3.87. The standard InChI is InChI=1S/C29H25F8N4O6P/c30-22-8-6-18(7-9-22)24-26(47-25(31)19-12-20(28(32,33)34)14-21(13-19)29(35,36)37)45-11-10-40(24)15-23-38-27(42)41(39-23)48(43,44)46-16-17-4-2-1-3-5-17/h1-9,12-14,24-26H,10-11,15-16H2,(H,43,44)(H,38,39,42)/t24-,25-,26+/m0/s1. The van der Waals surface area contributed by atoms with Crippen molar-refractivity contribution in [3.8, 4) is 0 Å². The molecule has 1 unspecified atom stereocenters. The molecule has 4 aromatic rings. The van der Waals surface area contributed by atoms with E-state index in [0.717, 1.165) is 12.1 Å². The van der Waals surface area contributed by atoms with Crippen molar-refractivity contribution >= 4 is 7.75 Å². The third-order valence-corrected chi connectivity index (χ3v) is 8.35. The van der Waals surface area contributed by atoms with Crippen molar-refractivity contribution in [1.29, 1.82) is 0 Å². The maximum absolute atomic E-state index is 15.5. The van der Waals surface area contributed by atoms with Crippen molar-refractivity contribution in [3.05, 3.63) is 123 Å². The Bertz CT molecular complexity index is 1790. The Labute approximate surface area is 266 Å². The van der Waals surface area contributed by atoms with Crippen LogP contribution in [0.5, 0.6) is 0 Å². The van der Waals surface area contributed by atoms with Crippen molar-refractivity contribution in [2.75, 3.05) is 13.2 Å². The molecule has 2 heterocycles. The Morgan fingerprint density at radius 3 is 2.23 bits per heavy atom. The van der Waals surface area contributed by atoms with Crippen molar-refractivity contribution in [3.63, 3.8) is 0 Å². The van der Waals surface area contributed by atoms with Crippen LogP contribution in [0.4, 0.5) is 35.1 Å². The van der Waals surface area contributed by atoms with Crippen LogP contribution in [-0.2, 0) is 44.1 Å². The third kappa shape index (κ3) is 8.37. The fourth-order valence-corrected chi connectivity index (χ4v) is 5.82. The van der Waals surface area contributed by atoms with Crippen LogP contribution >= 0.6 is 7.75 Å². The lowest BCUT2D eigenvalue weighted by Crippen LogP contribution is -2.46. The minimum atomic E-state index is -5.24. The number of rotatable bonds is 10. The minimum absolute atomic E-state index is 0.0107. The number of ether oxygens (including phenoxy) is 2. The third-order valence-electron chi connectivity index (χ3n) is 7.13. The number of aromatic nitrogens is 3. The van der Waals surface area contributed by atoms with Gasteiger partial charge in [0.05, 0.1) is 36.9 Å². The Morgan fingerprint density at radius 2 is 1.62 bits per heavy atom. The molecule has 258 valence electrons. The lowest BCUT2D eigenvalue weighted by molar-refractivity contribution is -0.257. The molecule has 4 atom stereocenters. The summed E-state index contributed by atoms with van der Waals surface area (Å²) in [7, 11) is -4.81. The van der Waals surface area contributed by atoms with Gasteiger partial charge in [-0.2, -0.15) is 26.3 Å². The molecule has 1 aliphatic heterocycles. The second-order valence-corrected chi connectivity index (χ2v) is 12.1. The molecule has 0 amide bonds. The molecule has 10 nitrogen and oxygen atoms in total. The maximum Gasteiger partial charge on any atom is 0.457 e. The first kappa shape index (κ1) is 35.4. The van der Waals surface area contributed by atoms with Gasteiger partial charge in [-0.05, 0) is 41.5 Å². The van der Waals surface area contributed by atoms with Crippen molar-refractivity contribution < 1.29 is 58.6 Å². The highest BCUT2D eigenvalue weighted by molar-refractivity contribution is 7.50. The van der Waals surface area contributed by atoms with E-state index in [-0.39, 0.29) is 60.3 Å². The molecule has 3 aromatic carbocycles. The zero-order valence-corrected chi connectivity index (χ0v) is 25.2. The number of morpholine rings is 1. The van der Waals surface area contributed by atoms with Crippen LogP contribution in [-0.4, -0.2) is 43.8 Å². The molecule has 0 bridgehead atoms. The van der Waals surface area contributed by atoms with Crippen LogP contribution in [0, 0.1) is 5.82 Å². The first-order valence-electron chi connectivity index (χ1n) is 13.9. The normalized spacial score (nSPS) is 19.6. The van der Waals surface area contributed by atoms with Crippen LogP contribution in [0.1, 0.15) is 46.0 Å². The molecular weight excluding hydrogens is 683 g/mol. The average molecular weight is 708 g/mol. The molecule has 19 heteroatoms. The number of hydrogen-bond acceptors (Lipinski definition) is 7. The molecule has 1 saturated heterocycles. The maximum atomic E-state index is 15.5. The van der Waals surface area contributed by atoms with E-state index in [2.05, 4.69) is 10.1 Å². The summed E-state index contributed by atoms with van der Waals surface area (Å²) in [6.07, 6.45) is -15.0. The largest absolute Gasteiger partial charge is 0.457 e. The number of nitrogens with one attached hydrogen (secondary N) is 1. The number of hydrogen-bond donors (Lipinski definition) is 2. The summed E-state index contributed by atoms with van der Waals surface area (Å²) in [5.41, 5.74) is -4.97. The Balaban J connectivity index is 1.41. The van der Waals surface area contributed by atoms with E-state index in [1.807, 2.05) is 0 Å². The van der Waals surface area contributed by atoms with E-state index in [1.54, 1.807) is 30.3 Å². The van der Waals surface area contributed by atoms with Gasteiger partial charge in [-0.3, -0.25) is 14.4 Å². The molecule has 5 rings (SSSR count). The second kappa shape index (κ2) is 13.9. The van der Waals surface area contributed by atoms with Crippen LogP contribution in [0.3, 0.4) is 0 Å². The zero-order valence-electron chi connectivity index (χ0n) is 24.3. The van der Waals surface area contributed by atoms with Crippen LogP contribution < -0.4 is 5.69 Å². The SMILES string of the molecule is O=c1[nH]c(CN2CCO[C@H](O[C@H](F)c3cc(C(F)(F)F)cc(C(F)(F)F)c3)[C@@H]2c2ccc(F)cc2)nn1P(=O)(O)OCc1ccccc1. The summed E-state index contributed by atoms with van der Waals surface area (Å²) < 4.78 is 139. The summed E-state index contributed by atoms with van der Waals surface area (Å²) in [6.45, 7) is -0.865. The van der Waals surface area contributed by atoms with Crippen LogP contribution in [0.2, 0.25) is 0 Å². The van der Waals surface area contributed by atoms with Gasteiger partial charge in [0.15, 0.2) is 6.29 Å². The number of alkyl halides is 7. The van der Waals surface area contributed by atoms with Gasteiger partial charge in [-0.25, -0.2) is 18.1 Å². The van der Waals surface area contributed by atoms with Crippen molar-refractivity contribution in [2.24, 2.45) is 0 Å². The van der Waals surface area contributed by atoms with Gasteiger partial charge in [0.2, 0.25) is 6.36 Å². The number of aromatic amines is 1. The van der Waals surface area contributed by atoms with Gasteiger partial charge in [-0.15, -0.1) is 9.55 Å². The van der Waals surface area contributed by atoms with Crippen molar-refractivity contribution in [2.45, 2.75) is 44.2 Å². The van der Waals surface area contributed by atoms with Crippen molar-refractivity contribution in [1.82, 2.24) is 19.4 Å².